The number of rotatable bonds is 3. The van der Waals surface area contributed by atoms with Crippen molar-refractivity contribution < 1.29 is 14.6 Å². The number of nitrogens with one attached hydrogen (secondary N) is 1. The van der Waals surface area contributed by atoms with Gasteiger partial charge in [-0.3, -0.25) is 9.89 Å². The molecule has 7 heteroatoms. The number of aliphatic hydroxyl groups excluding tert-OH is 1. The van der Waals surface area contributed by atoms with Crippen LogP contribution >= 0.6 is 0 Å². The Morgan fingerprint density at radius 3 is 2.90 bits per heavy atom. The molecule has 2 rings (SSSR count). The lowest BCUT2D eigenvalue weighted by molar-refractivity contribution is -0.139. The molecule has 112 valence electrons. The fourth-order valence-electron chi connectivity index (χ4n) is 2.51. The van der Waals surface area contributed by atoms with Crippen molar-refractivity contribution in [2.75, 3.05) is 25.4 Å². The van der Waals surface area contributed by atoms with Gasteiger partial charge in [-0.2, -0.15) is 5.10 Å². The van der Waals surface area contributed by atoms with Gasteiger partial charge < -0.3 is 20.5 Å². The predicted molar refractivity (Wildman–Crippen MR) is 74.3 cm³/mol. The summed E-state index contributed by atoms with van der Waals surface area (Å²) in [5, 5.41) is 16.1. The lowest BCUT2D eigenvalue weighted by Crippen LogP contribution is -2.55. The van der Waals surface area contributed by atoms with E-state index in [4.69, 9.17) is 10.5 Å². The van der Waals surface area contributed by atoms with Crippen LogP contribution in [-0.4, -0.2) is 57.5 Å². The van der Waals surface area contributed by atoms with Crippen LogP contribution in [0.1, 0.15) is 37.0 Å². The molecule has 1 fully saturated rings. The molecule has 0 bridgehead atoms. The highest BCUT2D eigenvalue weighted by Gasteiger charge is 2.36. The number of hydrogen-bond acceptors (Lipinski definition) is 5. The van der Waals surface area contributed by atoms with Crippen molar-refractivity contribution in [2.45, 2.75) is 38.9 Å². The van der Waals surface area contributed by atoms with E-state index in [0.29, 0.717) is 25.2 Å². The summed E-state index contributed by atoms with van der Waals surface area (Å²) < 4.78 is 5.69. The van der Waals surface area contributed by atoms with Gasteiger partial charge in [-0.25, -0.2) is 0 Å². The standard InChI is InChI=1S/C13H22N4O3/c1-4-9-10(14)11(16-15-9)12(19)17-5-8(6-18)20-13(2,3)7-17/h8,18H,4-7,14H2,1-3H3,(H,15,16). The maximum absolute atomic E-state index is 12.5. The summed E-state index contributed by atoms with van der Waals surface area (Å²) in [6, 6.07) is 0. The first-order valence-electron chi connectivity index (χ1n) is 6.78. The number of aryl methyl sites for hydroxylation is 1. The quantitative estimate of drug-likeness (QED) is 0.733. The van der Waals surface area contributed by atoms with Crippen LogP contribution in [0.5, 0.6) is 0 Å². The van der Waals surface area contributed by atoms with Gasteiger partial charge in [-0.1, -0.05) is 6.92 Å². The van der Waals surface area contributed by atoms with E-state index in [-0.39, 0.29) is 24.3 Å². The summed E-state index contributed by atoms with van der Waals surface area (Å²) >= 11 is 0. The number of aromatic amines is 1. The second-order valence-electron chi connectivity index (χ2n) is 5.69. The minimum Gasteiger partial charge on any atom is -0.395 e. The molecule has 0 spiro atoms. The Hall–Kier alpha value is -1.60. The Morgan fingerprint density at radius 2 is 2.35 bits per heavy atom. The number of aromatic nitrogens is 2. The summed E-state index contributed by atoms with van der Waals surface area (Å²) in [5.41, 5.74) is 6.85. The first-order valence-corrected chi connectivity index (χ1v) is 6.78. The number of H-pyrrole nitrogens is 1. The van der Waals surface area contributed by atoms with Crippen molar-refractivity contribution >= 4 is 11.6 Å². The molecule has 0 radical (unpaired) electrons. The van der Waals surface area contributed by atoms with Gasteiger partial charge in [0.25, 0.3) is 5.91 Å². The van der Waals surface area contributed by atoms with E-state index in [0.717, 1.165) is 5.69 Å². The molecule has 1 unspecified atom stereocenters. The molecule has 1 amide bonds. The molecule has 1 atom stereocenters. The molecule has 1 aromatic heterocycles. The van der Waals surface area contributed by atoms with Crippen molar-refractivity contribution in [3.8, 4) is 0 Å². The summed E-state index contributed by atoms with van der Waals surface area (Å²) in [6.07, 6.45) is 0.313. The molecule has 7 nitrogen and oxygen atoms in total. The fraction of sp³-hybridized carbons (Fsp3) is 0.692. The summed E-state index contributed by atoms with van der Waals surface area (Å²) in [7, 11) is 0. The molecule has 0 saturated carbocycles. The van der Waals surface area contributed by atoms with Gasteiger partial charge in [-0.15, -0.1) is 0 Å². The number of carbonyl (C=O) groups is 1. The first kappa shape index (κ1) is 14.8. The lowest BCUT2D eigenvalue weighted by atomic mass is 10.0. The van der Waals surface area contributed by atoms with Crippen LogP contribution < -0.4 is 5.73 Å². The third-order valence-corrected chi connectivity index (χ3v) is 3.41. The van der Waals surface area contributed by atoms with Crippen molar-refractivity contribution in [2.24, 2.45) is 0 Å². The van der Waals surface area contributed by atoms with Gasteiger partial charge >= 0.3 is 0 Å². The largest absolute Gasteiger partial charge is 0.395 e. The van der Waals surface area contributed by atoms with Crippen molar-refractivity contribution in [1.82, 2.24) is 15.1 Å². The van der Waals surface area contributed by atoms with Gasteiger partial charge in [0.15, 0.2) is 5.69 Å². The summed E-state index contributed by atoms with van der Waals surface area (Å²) in [4.78, 5) is 14.2. The van der Waals surface area contributed by atoms with Crippen LogP contribution in [0.2, 0.25) is 0 Å². The van der Waals surface area contributed by atoms with Crippen molar-refractivity contribution in [3.63, 3.8) is 0 Å². The lowest BCUT2D eigenvalue weighted by Gasteiger charge is -2.42. The van der Waals surface area contributed by atoms with Crippen LogP contribution in [0.25, 0.3) is 0 Å². The minimum atomic E-state index is -0.500. The Kier molecular flexibility index (Phi) is 4.01. The number of ether oxygens (including phenoxy) is 1. The molecule has 0 aromatic carbocycles. The Labute approximate surface area is 118 Å². The molecular formula is C13H22N4O3. The van der Waals surface area contributed by atoms with Gasteiger partial charge in [-0.05, 0) is 20.3 Å². The number of amides is 1. The van der Waals surface area contributed by atoms with E-state index in [1.165, 1.54) is 0 Å². The predicted octanol–water partition coefficient (Wildman–Crippen LogP) is 0.166. The average Bonchev–Trinajstić information content (AvgIpc) is 2.77. The second-order valence-corrected chi connectivity index (χ2v) is 5.69. The number of carbonyl (C=O) groups excluding carboxylic acids is 1. The van der Waals surface area contributed by atoms with E-state index in [1.54, 1.807) is 4.90 Å². The summed E-state index contributed by atoms with van der Waals surface area (Å²) in [6.45, 7) is 6.38. The molecule has 20 heavy (non-hydrogen) atoms. The molecule has 1 aliphatic heterocycles. The SMILES string of the molecule is CCc1[nH]nc(C(=O)N2CC(CO)OC(C)(C)C2)c1N. The highest BCUT2D eigenvalue weighted by atomic mass is 16.5. The van der Waals surface area contributed by atoms with E-state index in [9.17, 15) is 9.90 Å². The van der Waals surface area contributed by atoms with Crippen LogP contribution in [0, 0.1) is 0 Å². The second kappa shape index (κ2) is 5.41. The summed E-state index contributed by atoms with van der Waals surface area (Å²) in [5.74, 6) is -0.228. The van der Waals surface area contributed by atoms with E-state index in [2.05, 4.69) is 10.2 Å². The maximum atomic E-state index is 12.5. The number of nitrogens with zero attached hydrogens (tertiary/aromatic N) is 2. The zero-order chi connectivity index (χ0) is 14.9. The van der Waals surface area contributed by atoms with Gasteiger partial charge in [0, 0.05) is 13.1 Å². The molecule has 1 aliphatic rings. The number of nitrogen functional groups attached to an aromatic ring is 1. The van der Waals surface area contributed by atoms with Crippen molar-refractivity contribution in [1.29, 1.82) is 0 Å². The Bertz CT molecular complexity index is 498. The van der Waals surface area contributed by atoms with Crippen molar-refractivity contribution in [3.05, 3.63) is 11.4 Å². The highest BCUT2D eigenvalue weighted by molar-refractivity contribution is 5.97. The zero-order valence-electron chi connectivity index (χ0n) is 12.1. The van der Waals surface area contributed by atoms with Gasteiger partial charge in [0.2, 0.25) is 0 Å². The minimum absolute atomic E-state index is 0.122. The zero-order valence-corrected chi connectivity index (χ0v) is 12.1. The van der Waals surface area contributed by atoms with Crippen LogP contribution in [0.3, 0.4) is 0 Å². The topological polar surface area (TPSA) is 104 Å². The normalized spacial score (nSPS) is 22.0. The van der Waals surface area contributed by atoms with E-state index < -0.39 is 5.60 Å². The third kappa shape index (κ3) is 2.78. The molecular weight excluding hydrogens is 260 g/mol. The molecule has 1 aromatic rings. The molecule has 1 saturated heterocycles. The first-order chi connectivity index (χ1) is 9.38. The number of aliphatic hydroxyl groups is 1. The number of hydrogen-bond donors (Lipinski definition) is 3. The van der Waals surface area contributed by atoms with Crippen LogP contribution in [-0.2, 0) is 11.2 Å². The Morgan fingerprint density at radius 1 is 1.65 bits per heavy atom. The molecule has 0 aliphatic carbocycles. The monoisotopic (exact) mass is 282 g/mol. The molecule has 2 heterocycles. The van der Waals surface area contributed by atoms with E-state index in [1.807, 2.05) is 20.8 Å². The average molecular weight is 282 g/mol. The van der Waals surface area contributed by atoms with Gasteiger partial charge in [0.05, 0.1) is 29.7 Å². The number of nitrogens with two attached hydrogens (primary N) is 1. The fourth-order valence-corrected chi connectivity index (χ4v) is 2.51. The maximum Gasteiger partial charge on any atom is 0.276 e. The third-order valence-electron chi connectivity index (χ3n) is 3.41. The number of anilines is 1. The highest BCUT2D eigenvalue weighted by Crippen LogP contribution is 2.24. The van der Waals surface area contributed by atoms with Gasteiger partial charge in [0.1, 0.15) is 0 Å². The van der Waals surface area contributed by atoms with E-state index >= 15 is 0 Å². The smallest absolute Gasteiger partial charge is 0.276 e. The van der Waals surface area contributed by atoms with Crippen LogP contribution in [0.15, 0.2) is 0 Å². The Balaban J connectivity index is 2.21. The van der Waals surface area contributed by atoms with Crippen LogP contribution in [0.4, 0.5) is 5.69 Å². The number of morpholine rings is 1. The molecule has 4 N–H and O–H groups in total.